The number of benzene rings is 2. The van der Waals surface area contributed by atoms with Crippen molar-refractivity contribution in [2.24, 2.45) is 0 Å². The Morgan fingerprint density at radius 1 is 1.04 bits per heavy atom. The summed E-state index contributed by atoms with van der Waals surface area (Å²) in [4.78, 5) is 2.60. The molecule has 0 bridgehead atoms. The maximum atomic E-state index is 5.33. The van der Waals surface area contributed by atoms with Crippen molar-refractivity contribution in [2.45, 2.75) is 24.7 Å². The van der Waals surface area contributed by atoms with Gasteiger partial charge in [-0.15, -0.1) is 0 Å². The van der Waals surface area contributed by atoms with Gasteiger partial charge in [0.15, 0.2) is 0 Å². The van der Waals surface area contributed by atoms with Crippen LogP contribution in [0.4, 0.5) is 0 Å². The van der Waals surface area contributed by atoms with Crippen LogP contribution < -0.4 is 4.74 Å². The number of aromatic amines is 1. The molecule has 0 radical (unpaired) electrons. The minimum absolute atomic E-state index is 0.434. The summed E-state index contributed by atoms with van der Waals surface area (Å²) in [6.45, 7) is 5.51. The van der Waals surface area contributed by atoms with E-state index in [1.807, 2.05) is 6.20 Å². The van der Waals surface area contributed by atoms with Crippen molar-refractivity contribution in [1.29, 1.82) is 0 Å². The fourth-order valence-electron chi connectivity index (χ4n) is 4.29. The molecule has 0 spiro atoms. The van der Waals surface area contributed by atoms with Gasteiger partial charge in [-0.05, 0) is 35.2 Å². The van der Waals surface area contributed by atoms with Crippen LogP contribution in [-0.4, -0.2) is 41.8 Å². The Labute approximate surface area is 161 Å². The van der Waals surface area contributed by atoms with Crippen LogP contribution in [0.15, 0.2) is 66.9 Å². The Morgan fingerprint density at radius 2 is 1.78 bits per heavy atom. The molecule has 0 amide bonds. The van der Waals surface area contributed by atoms with Crippen molar-refractivity contribution in [2.75, 3.05) is 26.7 Å². The number of rotatable bonds is 6. The third-order valence-corrected chi connectivity index (χ3v) is 5.76. The standard InChI is InChI=1S/C23H27N3O/c1-17(18-6-4-3-5-7-18)14-26-15-21(19-8-10-20(27-2)11-9-19)22(16-26)23-12-13-24-25-23/h3-13,17,21-22H,14-16H2,1-2H3,(H,24,25)/t17-,21+,22-/m1/s1. The number of ether oxygens (including phenoxy) is 1. The lowest BCUT2D eigenvalue weighted by molar-refractivity contribution is 0.313. The average molecular weight is 361 g/mol. The molecular weight excluding hydrogens is 334 g/mol. The second-order valence-corrected chi connectivity index (χ2v) is 7.53. The molecular formula is C23H27N3O. The number of likely N-dealkylation sites (tertiary alicyclic amines) is 1. The number of methoxy groups -OCH3 is 1. The zero-order valence-electron chi connectivity index (χ0n) is 16.0. The maximum absolute atomic E-state index is 5.33. The molecule has 4 rings (SSSR count). The average Bonchev–Trinajstić information content (AvgIpc) is 3.38. The van der Waals surface area contributed by atoms with Crippen LogP contribution in [0.25, 0.3) is 0 Å². The highest BCUT2D eigenvalue weighted by molar-refractivity contribution is 5.33. The van der Waals surface area contributed by atoms with Crippen LogP contribution in [-0.2, 0) is 0 Å². The predicted molar refractivity (Wildman–Crippen MR) is 108 cm³/mol. The maximum Gasteiger partial charge on any atom is 0.118 e. The number of aromatic nitrogens is 2. The largest absolute Gasteiger partial charge is 0.497 e. The molecule has 2 heterocycles. The van der Waals surface area contributed by atoms with Crippen LogP contribution >= 0.6 is 0 Å². The summed E-state index contributed by atoms with van der Waals surface area (Å²) in [6.07, 6.45) is 1.86. The molecule has 1 saturated heterocycles. The van der Waals surface area contributed by atoms with E-state index in [4.69, 9.17) is 4.74 Å². The smallest absolute Gasteiger partial charge is 0.118 e. The monoisotopic (exact) mass is 361 g/mol. The fourth-order valence-corrected chi connectivity index (χ4v) is 4.29. The normalized spacial score (nSPS) is 21.3. The van der Waals surface area contributed by atoms with Gasteiger partial charge in [0.05, 0.1) is 7.11 Å². The zero-order valence-corrected chi connectivity index (χ0v) is 16.0. The van der Waals surface area contributed by atoms with Crippen molar-refractivity contribution in [3.05, 3.63) is 83.7 Å². The first-order valence-corrected chi connectivity index (χ1v) is 9.65. The van der Waals surface area contributed by atoms with Gasteiger partial charge in [-0.1, -0.05) is 49.4 Å². The molecule has 0 saturated carbocycles. The second-order valence-electron chi connectivity index (χ2n) is 7.53. The predicted octanol–water partition coefficient (Wildman–Crippen LogP) is 4.41. The molecule has 1 N–H and O–H groups in total. The Kier molecular flexibility index (Phi) is 5.26. The molecule has 4 heteroatoms. The van der Waals surface area contributed by atoms with Crippen LogP contribution in [0.5, 0.6) is 5.75 Å². The number of H-pyrrole nitrogens is 1. The lowest BCUT2D eigenvalue weighted by Crippen LogP contribution is -2.25. The van der Waals surface area contributed by atoms with Gasteiger partial charge in [-0.25, -0.2) is 0 Å². The Hall–Kier alpha value is -2.59. The first kappa shape index (κ1) is 17.8. The van der Waals surface area contributed by atoms with Gasteiger partial charge in [-0.2, -0.15) is 5.10 Å². The molecule has 1 fully saturated rings. The lowest BCUT2D eigenvalue weighted by atomic mass is 9.87. The zero-order chi connectivity index (χ0) is 18.6. The van der Waals surface area contributed by atoms with Gasteiger partial charge >= 0.3 is 0 Å². The quantitative estimate of drug-likeness (QED) is 0.707. The van der Waals surface area contributed by atoms with Crippen LogP contribution in [0.1, 0.15) is 41.5 Å². The number of hydrogen-bond acceptors (Lipinski definition) is 3. The summed E-state index contributed by atoms with van der Waals surface area (Å²) in [6, 6.07) is 21.5. The molecule has 4 nitrogen and oxygen atoms in total. The third-order valence-electron chi connectivity index (χ3n) is 5.76. The van der Waals surface area contributed by atoms with Crippen molar-refractivity contribution >= 4 is 0 Å². The molecule has 1 aromatic heterocycles. The first-order chi connectivity index (χ1) is 13.2. The molecule has 27 heavy (non-hydrogen) atoms. The summed E-state index contributed by atoms with van der Waals surface area (Å²) >= 11 is 0. The minimum Gasteiger partial charge on any atom is -0.497 e. The molecule has 1 aliphatic rings. The molecule has 2 aromatic carbocycles. The van der Waals surface area contributed by atoms with Gasteiger partial charge in [0, 0.05) is 43.4 Å². The molecule has 0 aliphatic carbocycles. The van der Waals surface area contributed by atoms with Crippen LogP contribution in [0.3, 0.4) is 0 Å². The fraction of sp³-hybridized carbons (Fsp3) is 0.348. The summed E-state index contributed by atoms with van der Waals surface area (Å²) in [7, 11) is 1.71. The Morgan fingerprint density at radius 3 is 2.44 bits per heavy atom. The van der Waals surface area contributed by atoms with Crippen LogP contribution in [0.2, 0.25) is 0 Å². The van der Waals surface area contributed by atoms with E-state index in [2.05, 4.69) is 82.7 Å². The van der Waals surface area contributed by atoms with E-state index in [9.17, 15) is 0 Å². The SMILES string of the molecule is COc1ccc([C@@H]2CN(C[C@@H](C)c3ccccc3)C[C@H]2c2ccn[nH]2)cc1. The molecule has 1 aliphatic heterocycles. The van der Waals surface area contributed by atoms with E-state index in [1.165, 1.54) is 16.8 Å². The van der Waals surface area contributed by atoms with E-state index in [0.29, 0.717) is 17.8 Å². The van der Waals surface area contributed by atoms with Crippen molar-refractivity contribution in [3.8, 4) is 5.75 Å². The Balaban J connectivity index is 1.54. The molecule has 3 aromatic rings. The van der Waals surface area contributed by atoms with Gasteiger partial charge in [0.2, 0.25) is 0 Å². The van der Waals surface area contributed by atoms with Crippen molar-refractivity contribution < 1.29 is 4.74 Å². The van der Waals surface area contributed by atoms with E-state index >= 15 is 0 Å². The first-order valence-electron chi connectivity index (χ1n) is 9.65. The van der Waals surface area contributed by atoms with E-state index in [0.717, 1.165) is 25.4 Å². The summed E-state index contributed by atoms with van der Waals surface area (Å²) in [5, 5.41) is 7.40. The molecule has 140 valence electrons. The van der Waals surface area contributed by atoms with Gasteiger partial charge in [-0.3, -0.25) is 5.10 Å². The number of nitrogens with one attached hydrogen (secondary N) is 1. The van der Waals surface area contributed by atoms with Crippen LogP contribution in [0, 0.1) is 0 Å². The summed E-state index contributed by atoms with van der Waals surface area (Å²) in [5.41, 5.74) is 4.00. The number of hydrogen-bond donors (Lipinski definition) is 1. The topological polar surface area (TPSA) is 41.1 Å². The molecule has 3 atom stereocenters. The van der Waals surface area contributed by atoms with Crippen molar-refractivity contribution in [3.63, 3.8) is 0 Å². The Bertz CT molecular complexity index is 830. The van der Waals surface area contributed by atoms with E-state index < -0.39 is 0 Å². The summed E-state index contributed by atoms with van der Waals surface area (Å²) < 4.78 is 5.33. The number of nitrogens with zero attached hydrogens (tertiary/aromatic N) is 2. The highest BCUT2D eigenvalue weighted by atomic mass is 16.5. The molecule has 0 unspecified atom stereocenters. The van der Waals surface area contributed by atoms with Crippen molar-refractivity contribution in [1.82, 2.24) is 15.1 Å². The van der Waals surface area contributed by atoms with Gasteiger partial charge in [0.1, 0.15) is 5.75 Å². The third kappa shape index (κ3) is 3.91. The van der Waals surface area contributed by atoms with Gasteiger partial charge < -0.3 is 9.64 Å². The summed E-state index contributed by atoms with van der Waals surface area (Å²) in [5.74, 6) is 2.32. The van der Waals surface area contributed by atoms with E-state index in [1.54, 1.807) is 7.11 Å². The second kappa shape index (κ2) is 7.97. The lowest BCUT2D eigenvalue weighted by Gasteiger charge is -2.21. The van der Waals surface area contributed by atoms with E-state index in [-0.39, 0.29) is 0 Å². The highest BCUT2D eigenvalue weighted by Crippen LogP contribution is 2.40. The highest BCUT2D eigenvalue weighted by Gasteiger charge is 2.36. The minimum atomic E-state index is 0.434. The van der Waals surface area contributed by atoms with Gasteiger partial charge in [0.25, 0.3) is 0 Å².